The van der Waals surface area contributed by atoms with E-state index in [-0.39, 0.29) is 0 Å². The van der Waals surface area contributed by atoms with E-state index in [0.29, 0.717) is 12.5 Å². The summed E-state index contributed by atoms with van der Waals surface area (Å²) in [5.41, 5.74) is 0.785. The lowest BCUT2D eigenvalue weighted by Crippen LogP contribution is -2.19. The van der Waals surface area contributed by atoms with Crippen LogP contribution in [0.25, 0.3) is 0 Å². The van der Waals surface area contributed by atoms with Gasteiger partial charge in [-0.15, -0.1) is 0 Å². The minimum absolute atomic E-state index is 0.446. The van der Waals surface area contributed by atoms with E-state index in [9.17, 15) is 4.39 Å². The van der Waals surface area contributed by atoms with Crippen LogP contribution in [0.4, 0.5) is 10.3 Å². The fourth-order valence-corrected chi connectivity index (χ4v) is 1.31. The van der Waals surface area contributed by atoms with Gasteiger partial charge in [-0.05, 0) is 6.92 Å². The van der Waals surface area contributed by atoms with Crippen LogP contribution >= 0.6 is 0 Å². The standard InChI is InChI=1S/C10H11FN4O/c1-7-3-9(14-16-7)6-15(2)10-12-4-8(11)5-13-10/h3-5H,6H2,1-2H3. The Bertz CT molecular complexity index is 468. The molecule has 0 radical (unpaired) electrons. The maximum atomic E-state index is 12.6. The van der Waals surface area contributed by atoms with Crippen molar-refractivity contribution >= 4 is 5.95 Å². The maximum absolute atomic E-state index is 12.6. The average molecular weight is 222 g/mol. The molecule has 0 unspecified atom stereocenters. The van der Waals surface area contributed by atoms with Crippen molar-refractivity contribution in [2.24, 2.45) is 0 Å². The molecule has 5 nitrogen and oxygen atoms in total. The summed E-state index contributed by atoms with van der Waals surface area (Å²) in [5.74, 6) is 0.750. The smallest absolute Gasteiger partial charge is 0.225 e. The molecule has 84 valence electrons. The van der Waals surface area contributed by atoms with E-state index < -0.39 is 5.82 Å². The fourth-order valence-electron chi connectivity index (χ4n) is 1.31. The second-order valence-electron chi connectivity index (χ2n) is 3.49. The van der Waals surface area contributed by atoms with Crippen molar-refractivity contribution in [3.05, 3.63) is 35.7 Å². The number of halogens is 1. The highest BCUT2D eigenvalue weighted by Crippen LogP contribution is 2.09. The highest BCUT2D eigenvalue weighted by molar-refractivity contribution is 5.28. The summed E-state index contributed by atoms with van der Waals surface area (Å²) in [5, 5.41) is 3.85. The molecule has 2 aromatic rings. The number of aromatic nitrogens is 3. The second kappa shape index (κ2) is 4.26. The molecule has 0 fully saturated rings. The molecule has 2 aromatic heterocycles. The minimum Gasteiger partial charge on any atom is -0.361 e. The number of hydrogen-bond acceptors (Lipinski definition) is 5. The molecule has 0 aliphatic carbocycles. The Balaban J connectivity index is 2.08. The third-order valence-corrected chi connectivity index (χ3v) is 2.02. The zero-order chi connectivity index (χ0) is 11.5. The Hall–Kier alpha value is -1.98. The number of aryl methyl sites for hydroxylation is 1. The zero-order valence-electron chi connectivity index (χ0n) is 9.01. The summed E-state index contributed by atoms with van der Waals surface area (Å²) in [6, 6.07) is 1.83. The van der Waals surface area contributed by atoms with Gasteiger partial charge in [-0.25, -0.2) is 14.4 Å². The molecule has 2 heterocycles. The molecule has 0 spiro atoms. The van der Waals surface area contributed by atoms with Gasteiger partial charge < -0.3 is 9.42 Å². The first-order valence-electron chi connectivity index (χ1n) is 4.76. The summed E-state index contributed by atoms with van der Waals surface area (Å²) >= 11 is 0. The second-order valence-corrected chi connectivity index (χ2v) is 3.49. The van der Waals surface area contributed by atoms with E-state index in [1.165, 1.54) is 0 Å². The molecule has 0 aliphatic heterocycles. The Morgan fingerprint density at radius 1 is 1.38 bits per heavy atom. The Labute approximate surface area is 91.9 Å². The van der Waals surface area contributed by atoms with Crippen LogP contribution in [0.2, 0.25) is 0 Å². The van der Waals surface area contributed by atoms with Gasteiger partial charge in [0.05, 0.1) is 18.9 Å². The number of hydrogen-bond donors (Lipinski definition) is 0. The predicted octanol–water partition coefficient (Wildman–Crippen LogP) is 1.55. The highest BCUT2D eigenvalue weighted by atomic mass is 19.1. The van der Waals surface area contributed by atoms with E-state index in [1.54, 1.807) is 11.9 Å². The summed E-state index contributed by atoms with van der Waals surface area (Å²) in [6.07, 6.45) is 2.26. The summed E-state index contributed by atoms with van der Waals surface area (Å²) < 4.78 is 17.6. The Kier molecular flexibility index (Phi) is 2.80. The molecule has 0 N–H and O–H groups in total. The van der Waals surface area contributed by atoms with Gasteiger partial charge in [0.1, 0.15) is 11.5 Å². The monoisotopic (exact) mass is 222 g/mol. The van der Waals surface area contributed by atoms with Crippen LogP contribution in [0, 0.1) is 12.7 Å². The van der Waals surface area contributed by atoms with Crippen LogP contribution in [0.3, 0.4) is 0 Å². The van der Waals surface area contributed by atoms with E-state index in [0.717, 1.165) is 23.8 Å². The zero-order valence-corrected chi connectivity index (χ0v) is 9.01. The normalized spacial score (nSPS) is 10.4. The average Bonchev–Trinajstić information content (AvgIpc) is 2.65. The van der Waals surface area contributed by atoms with Gasteiger partial charge in [0, 0.05) is 13.1 Å². The van der Waals surface area contributed by atoms with Crippen molar-refractivity contribution in [1.29, 1.82) is 0 Å². The van der Waals surface area contributed by atoms with E-state index in [1.807, 2.05) is 13.0 Å². The van der Waals surface area contributed by atoms with Gasteiger partial charge >= 0.3 is 0 Å². The molecule has 0 amide bonds. The molecule has 0 saturated heterocycles. The van der Waals surface area contributed by atoms with E-state index in [4.69, 9.17) is 4.52 Å². The molecule has 0 saturated carbocycles. The van der Waals surface area contributed by atoms with E-state index >= 15 is 0 Å². The molecular formula is C10H11FN4O. The van der Waals surface area contributed by atoms with Crippen molar-refractivity contribution in [1.82, 2.24) is 15.1 Å². The quantitative estimate of drug-likeness (QED) is 0.788. The fraction of sp³-hybridized carbons (Fsp3) is 0.300. The van der Waals surface area contributed by atoms with Gasteiger partial charge in [-0.2, -0.15) is 0 Å². The van der Waals surface area contributed by atoms with Gasteiger partial charge in [-0.3, -0.25) is 0 Å². The first-order chi connectivity index (χ1) is 7.65. The van der Waals surface area contributed by atoms with Gasteiger partial charge in [0.15, 0.2) is 5.82 Å². The maximum Gasteiger partial charge on any atom is 0.225 e. The van der Waals surface area contributed by atoms with Gasteiger partial charge in [0.2, 0.25) is 5.95 Å². The Morgan fingerprint density at radius 3 is 2.62 bits per heavy atom. The van der Waals surface area contributed by atoms with Crippen LogP contribution in [-0.2, 0) is 6.54 Å². The third-order valence-electron chi connectivity index (χ3n) is 2.02. The van der Waals surface area contributed by atoms with Crippen LogP contribution in [0.1, 0.15) is 11.5 Å². The Morgan fingerprint density at radius 2 is 2.06 bits per heavy atom. The lowest BCUT2D eigenvalue weighted by atomic mass is 10.3. The largest absolute Gasteiger partial charge is 0.361 e. The first kappa shape index (κ1) is 10.5. The topological polar surface area (TPSA) is 55.1 Å². The SMILES string of the molecule is Cc1cc(CN(C)c2ncc(F)cn2)no1. The number of nitrogens with zero attached hydrogens (tertiary/aromatic N) is 4. The van der Waals surface area contributed by atoms with Gasteiger partial charge in [-0.1, -0.05) is 5.16 Å². The van der Waals surface area contributed by atoms with Crippen molar-refractivity contribution in [2.45, 2.75) is 13.5 Å². The first-order valence-corrected chi connectivity index (χ1v) is 4.76. The molecule has 0 aromatic carbocycles. The van der Waals surface area contributed by atoms with Crippen molar-refractivity contribution in [3.63, 3.8) is 0 Å². The van der Waals surface area contributed by atoms with Crippen LogP contribution < -0.4 is 4.90 Å². The van der Waals surface area contributed by atoms with Crippen molar-refractivity contribution in [2.75, 3.05) is 11.9 Å². The summed E-state index contributed by atoms with van der Waals surface area (Å²) in [6.45, 7) is 2.34. The van der Waals surface area contributed by atoms with Gasteiger partial charge in [0.25, 0.3) is 0 Å². The third kappa shape index (κ3) is 2.33. The predicted molar refractivity (Wildman–Crippen MR) is 55.3 cm³/mol. The molecule has 0 bridgehead atoms. The number of anilines is 1. The molecule has 6 heteroatoms. The van der Waals surface area contributed by atoms with Crippen molar-refractivity contribution < 1.29 is 8.91 Å². The lowest BCUT2D eigenvalue weighted by Gasteiger charge is -2.14. The summed E-state index contributed by atoms with van der Waals surface area (Å²) in [4.78, 5) is 9.49. The lowest BCUT2D eigenvalue weighted by molar-refractivity contribution is 0.390. The molecular weight excluding hydrogens is 211 g/mol. The van der Waals surface area contributed by atoms with Crippen LogP contribution in [0.5, 0.6) is 0 Å². The van der Waals surface area contributed by atoms with Crippen LogP contribution in [0.15, 0.2) is 23.0 Å². The minimum atomic E-state index is -0.450. The summed E-state index contributed by atoms with van der Waals surface area (Å²) in [7, 11) is 1.80. The highest BCUT2D eigenvalue weighted by Gasteiger charge is 2.08. The molecule has 2 rings (SSSR count). The van der Waals surface area contributed by atoms with E-state index in [2.05, 4.69) is 15.1 Å². The molecule has 0 aliphatic rings. The van der Waals surface area contributed by atoms with Crippen LogP contribution in [-0.4, -0.2) is 22.2 Å². The number of rotatable bonds is 3. The van der Waals surface area contributed by atoms with Crippen molar-refractivity contribution in [3.8, 4) is 0 Å². The molecule has 16 heavy (non-hydrogen) atoms. The molecule has 0 atom stereocenters.